The maximum absolute atomic E-state index is 11.7. The predicted molar refractivity (Wildman–Crippen MR) is 109 cm³/mol. The van der Waals surface area contributed by atoms with Gasteiger partial charge in [0.2, 0.25) is 0 Å². The molecule has 0 spiro atoms. The normalized spacial score (nSPS) is 28.1. The SMILES string of the molecule is CCC(OCC(O)(c1ccccc1)C1CCCC1)C1CCN(C)CC1OC. The summed E-state index contributed by atoms with van der Waals surface area (Å²) in [6.45, 7) is 4.60. The van der Waals surface area contributed by atoms with E-state index >= 15 is 0 Å². The Morgan fingerprint density at radius 3 is 2.52 bits per heavy atom. The molecule has 4 nitrogen and oxygen atoms in total. The lowest BCUT2D eigenvalue weighted by atomic mass is 9.80. The van der Waals surface area contributed by atoms with Crippen molar-refractivity contribution >= 4 is 0 Å². The summed E-state index contributed by atoms with van der Waals surface area (Å²) >= 11 is 0. The van der Waals surface area contributed by atoms with Crippen molar-refractivity contribution in [2.24, 2.45) is 11.8 Å². The monoisotopic (exact) mass is 375 g/mol. The minimum absolute atomic E-state index is 0.125. The third-order valence-corrected chi connectivity index (χ3v) is 6.82. The van der Waals surface area contributed by atoms with Crippen LogP contribution in [0.1, 0.15) is 51.0 Å². The molecule has 1 aromatic rings. The Morgan fingerprint density at radius 1 is 1.19 bits per heavy atom. The van der Waals surface area contributed by atoms with Gasteiger partial charge >= 0.3 is 0 Å². The van der Waals surface area contributed by atoms with Gasteiger partial charge in [-0.25, -0.2) is 0 Å². The highest BCUT2D eigenvalue weighted by molar-refractivity contribution is 5.24. The van der Waals surface area contributed by atoms with Crippen LogP contribution in [-0.2, 0) is 15.1 Å². The molecule has 4 unspecified atom stereocenters. The minimum atomic E-state index is -0.890. The van der Waals surface area contributed by atoms with Gasteiger partial charge in [-0.15, -0.1) is 0 Å². The van der Waals surface area contributed by atoms with E-state index < -0.39 is 5.60 Å². The van der Waals surface area contributed by atoms with E-state index in [1.807, 2.05) is 25.3 Å². The van der Waals surface area contributed by atoms with Gasteiger partial charge < -0.3 is 19.5 Å². The van der Waals surface area contributed by atoms with Crippen LogP contribution in [0.3, 0.4) is 0 Å². The highest BCUT2D eigenvalue weighted by Crippen LogP contribution is 2.41. The number of nitrogens with zero attached hydrogens (tertiary/aromatic N) is 1. The van der Waals surface area contributed by atoms with Gasteiger partial charge in [-0.05, 0) is 50.8 Å². The summed E-state index contributed by atoms with van der Waals surface area (Å²) in [7, 11) is 3.96. The number of aliphatic hydroxyl groups is 1. The summed E-state index contributed by atoms with van der Waals surface area (Å²) in [5, 5.41) is 11.7. The Morgan fingerprint density at radius 2 is 1.89 bits per heavy atom. The molecule has 4 heteroatoms. The Bertz CT molecular complexity index is 560. The van der Waals surface area contributed by atoms with E-state index in [9.17, 15) is 5.11 Å². The van der Waals surface area contributed by atoms with Crippen LogP contribution in [-0.4, -0.2) is 56.1 Å². The first-order chi connectivity index (χ1) is 13.1. The maximum Gasteiger partial charge on any atom is 0.116 e. The fraction of sp³-hybridized carbons (Fsp3) is 0.739. The molecule has 0 amide bonds. The van der Waals surface area contributed by atoms with E-state index in [0.717, 1.165) is 44.3 Å². The van der Waals surface area contributed by atoms with Crippen LogP contribution in [0.2, 0.25) is 0 Å². The van der Waals surface area contributed by atoms with Crippen molar-refractivity contribution in [1.82, 2.24) is 4.90 Å². The van der Waals surface area contributed by atoms with Gasteiger partial charge in [0.05, 0.1) is 18.8 Å². The number of rotatable bonds is 8. The van der Waals surface area contributed by atoms with Crippen LogP contribution in [0, 0.1) is 11.8 Å². The molecule has 4 atom stereocenters. The molecule has 27 heavy (non-hydrogen) atoms. The number of piperidine rings is 1. The molecule has 1 aromatic carbocycles. The van der Waals surface area contributed by atoms with Crippen LogP contribution in [0.5, 0.6) is 0 Å². The summed E-state index contributed by atoms with van der Waals surface area (Å²) in [5.41, 5.74) is 0.109. The second-order valence-corrected chi connectivity index (χ2v) is 8.52. The Balaban J connectivity index is 1.73. The van der Waals surface area contributed by atoms with E-state index in [0.29, 0.717) is 12.5 Å². The smallest absolute Gasteiger partial charge is 0.116 e. The lowest BCUT2D eigenvalue weighted by molar-refractivity contribution is -0.141. The Labute approximate surface area is 164 Å². The number of hydrogen-bond acceptors (Lipinski definition) is 4. The molecule has 1 saturated heterocycles. The van der Waals surface area contributed by atoms with Crippen molar-refractivity contribution < 1.29 is 14.6 Å². The summed E-state index contributed by atoms with van der Waals surface area (Å²) in [4.78, 5) is 2.33. The van der Waals surface area contributed by atoms with Crippen molar-refractivity contribution in [3.05, 3.63) is 35.9 Å². The molecule has 1 N–H and O–H groups in total. The van der Waals surface area contributed by atoms with Gasteiger partial charge in [-0.1, -0.05) is 50.1 Å². The third-order valence-electron chi connectivity index (χ3n) is 6.82. The zero-order valence-electron chi connectivity index (χ0n) is 17.3. The summed E-state index contributed by atoms with van der Waals surface area (Å²) in [5.74, 6) is 0.674. The number of likely N-dealkylation sites (N-methyl/N-ethyl adjacent to an activating group) is 1. The van der Waals surface area contributed by atoms with Crippen molar-refractivity contribution in [1.29, 1.82) is 0 Å². The van der Waals surface area contributed by atoms with E-state index in [1.165, 1.54) is 12.8 Å². The standard InChI is InChI=1S/C23H37NO3/c1-4-21(20-14-15-24(2)16-22(20)26-3)27-17-23(25,19-12-8-9-13-19)18-10-6-5-7-11-18/h5-7,10-11,19-22,25H,4,8-9,12-17H2,1-3H3. The molecule has 1 saturated carbocycles. The van der Waals surface area contributed by atoms with Crippen molar-refractivity contribution in [3.63, 3.8) is 0 Å². The molecule has 0 radical (unpaired) electrons. The second kappa shape index (κ2) is 9.51. The molecule has 0 bridgehead atoms. The fourth-order valence-corrected chi connectivity index (χ4v) is 5.11. The van der Waals surface area contributed by atoms with Crippen molar-refractivity contribution in [3.8, 4) is 0 Å². The lowest BCUT2D eigenvalue weighted by Gasteiger charge is -2.41. The van der Waals surface area contributed by atoms with Crippen LogP contribution in [0.25, 0.3) is 0 Å². The van der Waals surface area contributed by atoms with E-state index in [-0.39, 0.29) is 18.1 Å². The van der Waals surface area contributed by atoms with Gasteiger partial charge in [-0.2, -0.15) is 0 Å². The largest absolute Gasteiger partial charge is 0.382 e. The average Bonchev–Trinajstić information content (AvgIpc) is 3.25. The number of benzene rings is 1. The van der Waals surface area contributed by atoms with E-state index in [4.69, 9.17) is 9.47 Å². The molecule has 2 aliphatic rings. The maximum atomic E-state index is 11.7. The van der Waals surface area contributed by atoms with Crippen LogP contribution >= 0.6 is 0 Å². The first-order valence-electron chi connectivity index (χ1n) is 10.7. The topological polar surface area (TPSA) is 41.9 Å². The highest BCUT2D eigenvalue weighted by Gasteiger charge is 2.42. The first kappa shape index (κ1) is 20.8. The quantitative estimate of drug-likeness (QED) is 0.750. The molecule has 1 heterocycles. The highest BCUT2D eigenvalue weighted by atomic mass is 16.5. The van der Waals surface area contributed by atoms with Crippen molar-refractivity contribution in [2.75, 3.05) is 33.9 Å². The Hall–Kier alpha value is -0.940. The third kappa shape index (κ3) is 4.73. The number of likely N-dealkylation sites (tertiary alicyclic amines) is 1. The van der Waals surface area contributed by atoms with Crippen molar-refractivity contribution in [2.45, 2.75) is 63.3 Å². The molecule has 1 aliphatic carbocycles. The average molecular weight is 376 g/mol. The zero-order chi connectivity index (χ0) is 19.3. The number of methoxy groups -OCH3 is 1. The molecule has 152 valence electrons. The van der Waals surface area contributed by atoms with Crippen LogP contribution < -0.4 is 0 Å². The molecule has 0 aromatic heterocycles. The molecular formula is C23H37NO3. The first-order valence-corrected chi connectivity index (χ1v) is 10.7. The molecule has 1 aliphatic heterocycles. The van der Waals surface area contributed by atoms with E-state index in [2.05, 4.69) is 31.0 Å². The summed E-state index contributed by atoms with van der Waals surface area (Å²) < 4.78 is 12.3. The summed E-state index contributed by atoms with van der Waals surface area (Å²) in [6, 6.07) is 10.2. The predicted octanol–water partition coefficient (Wildman–Crippen LogP) is 3.83. The summed E-state index contributed by atoms with van der Waals surface area (Å²) in [6.07, 6.45) is 6.94. The fourth-order valence-electron chi connectivity index (χ4n) is 5.11. The van der Waals surface area contributed by atoms with E-state index in [1.54, 1.807) is 0 Å². The number of hydrogen-bond donors (Lipinski definition) is 1. The molecule has 3 rings (SSSR count). The van der Waals surface area contributed by atoms with Crippen LogP contribution in [0.15, 0.2) is 30.3 Å². The minimum Gasteiger partial charge on any atom is -0.382 e. The van der Waals surface area contributed by atoms with Gasteiger partial charge in [0.1, 0.15) is 5.60 Å². The van der Waals surface area contributed by atoms with Gasteiger partial charge in [-0.3, -0.25) is 0 Å². The number of ether oxygens (including phenoxy) is 2. The van der Waals surface area contributed by atoms with Gasteiger partial charge in [0, 0.05) is 19.6 Å². The zero-order valence-corrected chi connectivity index (χ0v) is 17.3. The molecular weight excluding hydrogens is 338 g/mol. The van der Waals surface area contributed by atoms with Crippen LogP contribution in [0.4, 0.5) is 0 Å². The van der Waals surface area contributed by atoms with Gasteiger partial charge in [0.15, 0.2) is 0 Å². The second-order valence-electron chi connectivity index (χ2n) is 8.52. The Kier molecular flexibility index (Phi) is 7.32. The molecule has 2 fully saturated rings. The van der Waals surface area contributed by atoms with Gasteiger partial charge in [0.25, 0.3) is 0 Å². The lowest BCUT2D eigenvalue weighted by Crippen LogP contribution is -2.49.